The van der Waals surface area contributed by atoms with Crippen LogP contribution in [0.25, 0.3) is 0 Å². The van der Waals surface area contributed by atoms with E-state index in [9.17, 15) is 9.59 Å². The van der Waals surface area contributed by atoms with E-state index in [-0.39, 0.29) is 6.04 Å². The second-order valence-electron chi connectivity index (χ2n) is 4.92. The lowest BCUT2D eigenvalue weighted by Gasteiger charge is -2.21. The number of rotatable bonds is 2. The zero-order chi connectivity index (χ0) is 13.1. The monoisotopic (exact) mass is 245 g/mol. The van der Waals surface area contributed by atoms with Gasteiger partial charge >= 0.3 is 12.1 Å². The molecule has 0 spiro atoms. The molecule has 98 valence electrons. The summed E-state index contributed by atoms with van der Waals surface area (Å²) in [5, 5.41) is 2.65. The van der Waals surface area contributed by atoms with Gasteiger partial charge in [-0.3, -0.25) is 0 Å². The third kappa shape index (κ3) is 4.60. The van der Waals surface area contributed by atoms with Gasteiger partial charge in [-0.1, -0.05) is 0 Å². The molecular weight excluding hydrogens is 226 g/mol. The van der Waals surface area contributed by atoms with E-state index in [4.69, 9.17) is 9.47 Å². The van der Waals surface area contributed by atoms with E-state index in [0.717, 1.165) is 0 Å². The van der Waals surface area contributed by atoms with E-state index < -0.39 is 23.8 Å². The van der Waals surface area contributed by atoms with E-state index >= 15 is 0 Å². The first-order chi connectivity index (χ1) is 7.81. The Labute approximate surface area is 101 Å². The molecule has 1 amide bonds. The zero-order valence-corrected chi connectivity index (χ0v) is 10.6. The number of nitrogens with one attached hydrogen (secondary N) is 1. The number of esters is 1. The highest BCUT2D eigenvalue weighted by Gasteiger charge is 2.33. The largest absolute Gasteiger partial charge is 0.467 e. The van der Waals surface area contributed by atoms with Gasteiger partial charge in [0.15, 0.2) is 6.10 Å². The van der Waals surface area contributed by atoms with Gasteiger partial charge in [-0.2, -0.15) is 0 Å². The minimum Gasteiger partial charge on any atom is -0.467 e. The number of methoxy groups -OCH3 is 1. The summed E-state index contributed by atoms with van der Waals surface area (Å²) in [7, 11) is 1.31. The van der Waals surface area contributed by atoms with Crippen LogP contribution in [0.5, 0.6) is 0 Å². The van der Waals surface area contributed by atoms with E-state index in [0.29, 0.717) is 13.0 Å². The van der Waals surface area contributed by atoms with Crippen molar-refractivity contribution in [3.63, 3.8) is 0 Å². The van der Waals surface area contributed by atoms with Crippen molar-refractivity contribution in [2.45, 2.75) is 44.9 Å². The molecule has 0 unspecified atom stereocenters. The summed E-state index contributed by atoms with van der Waals surface area (Å²) in [4.78, 5) is 22.6. The van der Waals surface area contributed by atoms with Gasteiger partial charge in [0.1, 0.15) is 5.60 Å². The van der Waals surface area contributed by atoms with Crippen LogP contribution in [0.2, 0.25) is 0 Å². The SMILES string of the molecule is COC(=O)[C@H]1C[C@H](NC(=O)OC(C)(C)C)CO1. The van der Waals surface area contributed by atoms with Gasteiger partial charge in [-0.05, 0) is 20.8 Å². The van der Waals surface area contributed by atoms with Crippen molar-refractivity contribution in [1.82, 2.24) is 5.32 Å². The molecule has 1 fully saturated rings. The molecule has 1 heterocycles. The number of carbonyl (C=O) groups excluding carboxylic acids is 2. The van der Waals surface area contributed by atoms with Gasteiger partial charge in [0, 0.05) is 6.42 Å². The number of hydrogen-bond donors (Lipinski definition) is 1. The summed E-state index contributed by atoms with van der Waals surface area (Å²) in [6.45, 7) is 5.65. The molecule has 17 heavy (non-hydrogen) atoms. The molecule has 1 rings (SSSR count). The maximum Gasteiger partial charge on any atom is 0.407 e. The van der Waals surface area contributed by atoms with Crippen LogP contribution in [0.15, 0.2) is 0 Å². The Bertz CT molecular complexity index is 297. The number of carbonyl (C=O) groups is 2. The Balaban J connectivity index is 2.35. The number of ether oxygens (including phenoxy) is 3. The van der Waals surface area contributed by atoms with E-state index in [2.05, 4.69) is 10.1 Å². The quantitative estimate of drug-likeness (QED) is 0.730. The zero-order valence-electron chi connectivity index (χ0n) is 10.6. The van der Waals surface area contributed by atoms with Crippen molar-refractivity contribution in [2.75, 3.05) is 13.7 Å². The maximum absolute atomic E-state index is 11.5. The molecule has 6 heteroatoms. The lowest BCUT2D eigenvalue weighted by molar-refractivity contribution is -0.151. The van der Waals surface area contributed by atoms with Gasteiger partial charge in [0.2, 0.25) is 0 Å². The molecule has 6 nitrogen and oxygen atoms in total. The lowest BCUT2D eigenvalue weighted by atomic mass is 10.2. The second kappa shape index (κ2) is 5.35. The number of hydrogen-bond acceptors (Lipinski definition) is 5. The maximum atomic E-state index is 11.5. The molecule has 1 aliphatic heterocycles. The lowest BCUT2D eigenvalue weighted by Crippen LogP contribution is -2.39. The van der Waals surface area contributed by atoms with Crippen molar-refractivity contribution in [3.8, 4) is 0 Å². The Morgan fingerprint density at radius 3 is 2.53 bits per heavy atom. The molecule has 0 aromatic heterocycles. The smallest absolute Gasteiger partial charge is 0.407 e. The van der Waals surface area contributed by atoms with Gasteiger partial charge in [-0.25, -0.2) is 9.59 Å². The van der Waals surface area contributed by atoms with Crippen molar-refractivity contribution < 1.29 is 23.8 Å². The number of alkyl carbamates (subject to hydrolysis) is 1. The molecule has 1 N–H and O–H groups in total. The summed E-state index contributed by atoms with van der Waals surface area (Å²) in [5.74, 6) is -0.418. The average Bonchev–Trinajstić information content (AvgIpc) is 2.62. The van der Waals surface area contributed by atoms with Crippen LogP contribution in [-0.4, -0.2) is 43.5 Å². The third-order valence-corrected chi connectivity index (χ3v) is 2.18. The van der Waals surface area contributed by atoms with E-state index in [1.165, 1.54) is 7.11 Å². The Kier molecular flexibility index (Phi) is 4.34. The van der Waals surface area contributed by atoms with Gasteiger partial charge in [-0.15, -0.1) is 0 Å². The fourth-order valence-corrected chi connectivity index (χ4v) is 1.50. The molecule has 1 aliphatic rings. The predicted octanol–water partition coefficient (Wildman–Crippen LogP) is 0.842. The summed E-state index contributed by atoms with van der Waals surface area (Å²) >= 11 is 0. The van der Waals surface area contributed by atoms with Gasteiger partial charge in [0.25, 0.3) is 0 Å². The Morgan fingerprint density at radius 1 is 1.35 bits per heavy atom. The Hall–Kier alpha value is -1.30. The average molecular weight is 245 g/mol. The van der Waals surface area contributed by atoms with Crippen molar-refractivity contribution in [1.29, 1.82) is 0 Å². The summed E-state index contributed by atoms with van der Waals surface area (Å²) in [5.41, 5.74) is -0.536. The first kappa shape index (κ1) is 13.8. The highest BCUT2D eigenvalue weighted by molar-refractivity contribution is 5.75. The summed E-state index contributed by atoms with van der Waals surface area (Å²) in [6, 6.07) is -0.214. The standard InChI is InChI=1S/C11H19NO5/c1-11(2,3)17-10(14)12-7-5-8(16-6-7)9(13)15-4/h7-8H,5-6H2,1-4H3,(H,12,14)/t7-,8+/m0/s1. The van der Waals surface area contributed by atoms with Crippen LogP contribution in [0.3, 0.4) is 0 Å². The molecular formula is C11H19NO5. The van der Waals surface area contributed by atoms with Crippen LogP contribution >= 0.6 is 0 Å². The summed E-state index contributed by atoms with van der Waals surface area (Å²) < 4.78 is 14.9. The van der Waals surface area contributed by atoms with Gasteiger partial charge in [0.05, 0.1) is 19.8 Å². The van der Waals surface area contributed by atoms with Crippen LogP contribution in [-0.2, 0) is 19.0 Å². The Morgan fingerprint density at radius 2 is 2.00 bits per heavy atom. The molecule has 0 saturated carbocycles. The summed E-state index contributed by atoms with van der Waals surface area (Å²) in [6.07, 6.45) is -0.692. The minimum absolute atomic E-state index is 0.214. The fourth-order valence-electron chi connectivity index (χ4n) is 1.50. The normalized spacial score (nSPS) is 24.2. The fraction of sp³-hybridized carbons (Fsp3) is 0.818. The highest BCUT2D eigenvalue weighted by atomic mass is 16.6. The van der Waals surface area contributed by atoms with Crippen LogP contribution in [0, 0.1) is 0 Å². The molecule has 0 aromatic rings. The van der Waals surface area contributed by atoms with Crippen LogP contribution in [0.1, 0.15) is 27.2 Å². The first-order valence-corrected chi connectivity index (χ1v) is 5.51. The highest BCUT2D eigenvalue weighted by Crippen LogP contribution is 2.15. The number of amides is 1. The second-order valence-corrected chi connectivity index (χ2v) is 4.92. The van der Waals surface area contributed by atoms with Crippen molar-refractivity contribution in [2.24, 2.45) is 0 Å². The molecule has 0 bridgehead atoms. The molecule has 1 saturated heterocycles. The van der Waals surface area contributed by atoms with Crippen LogP contribution < -0.4 is 5.32 Å². The molecule has 2 atom stereocenters. The van der Waals surface area contributed by atoms with E-state index in [1.807, 2.05) is 0 Å². The van der Waals surface area contributed by atoms with Crippen molar-refractivity contribution >= 4 is 12.1 Å². The van der Waals surface area contributed by atoms with Crippen molar-refractivity contribution in [3.05, 3.63) is 0 Å². The molecule has 0 aromatic carbocycles. The first-order valence-electron chi connectivity index (χ1n) is 5.51. The topological polar surface area (TPSA) is 73.9 Å². The van der Waals surface area contributed by atoms with E-state index in [1.54, 1.807) is 20.8 Å². The molecule has 0 radical (unpaired) electrons. The van der Waals surface area contributed by atoms with Gasteiger partial charge < -0.3 is 19.5 Å². The minimum atomic E-state index is -0.597. The third-order valence-electron chi connectivity index (χ3n) is 2.18. The molecule has 0 aliphatic carbocycles. The van der Waals surface area contributed by atoms with Crippen LogP contribution in [0.4, 0.5) is 4.79 Å². The predicted molar refractivity (Wildman–Crippen MR) is 59.5 cm³/mol.